The average molecular weight is 504 g/mol. The van der Waals surface area contributed by atoms with E-state index in [0.29, 0.717) is 44.1 Å². The summed E-state index contributed by atoms with van der Waals surface area (Å²) < 4.78 is 1.51. The van der Waals surface area contributed by atoms with Crippen LogP contribution in [0.1, 0.15) is 50.5 Å². The number of amides is 1. The zero-order valence-corrected chi connectivity index (χ0v) is 21.6. The first kappa shape index (κ1) is 25.4. The first-order valence-corrected chi connectivity index (χ1v) is 13.5. The molecule has 3 aliphatic rings. The number of aliphatic hydroxyl groups is 1. The molecule has 5 rings (SSSR count). The van der Waals surface area contributed by atoms with E-state index in [-0.39, 0.29) is 23.9 Å². The highest BCUT2D eigenvalue weighted by atomic mass is 16.3. The van der Waals surface area contributed by atoms with Gasteiger partial charge in [-0.3, -0.25) is 19.1 Å². The van der Waals surface area contributed by atoms with Crippen molar-refractivity contribution in [3.05, 3.63) is 70.3 Å². The van der Waals surface area contributed by atoms with Crippen molar-refractivity contribution in [3.8, 4) is 0 Å². The Balaban J connectivity index is 1.12. The number of piperidine rings is 2. The van der Waals surface area contributed by atoms with Gasteiger partial charge >= 0.3 is 0 Å². The van der Waals surface area contributed by atoms with Crippen LogP contribution in [0.4, 0.5) is 5.82 Å². The minimum Gasteiger partial charge on any atom is -0.388 e. The number of benzene rings is 1. The van der Waals surface area contributed by atoms with Crippen molar-refractivity contribution in [2.45, 2.75) is 57.1 Å². The van der Waals surface area contributed by atoms with E-state index in [1.165, 1.54) is 10.1 Å². The lowest BCUT2D eigenvalue weighted by Crippen LogP contribution is -2.49. The van der Waals surface area contributed by atoms with E-state index >= 15 is 0 Å². The molecule has 8 heteroatoms. The predicted molar refractivity (Wildman–Crippen MR) is 145 cm³/mol. The van der Waals surface area contributed by atoms with Crippen molar-refractivity contribution >= 4 is 17.9 Å². The number of carbonyl (C=O) groups is 1. The van der Waals surface area contributed by atoms with Crippen LogP contribution in [0.25, 0.3) is 0 Å². The number of carbonyl (C=O) groups excluding carboxylic acids is 1. The molecule has 196 valence electrons. The monoisotopic (exact) mass is 503 g/mol. The zero-order valence-electron chi connectivity index (χ0n) is 21.6. The highest BCUT2D eigenvalue weighted by Gasteiger charge is 2.35. The van der Waals surface area contributed by atoms with Gasteiger partial charge in [0, 0.05) is 44.9 Å². The molecule has 4 heterocycles. The lowest BCUT2D eigenvalue weighted by Gasteiger charge is -2.39. The summed E-state index contributed by atoms with van der Waals surface area (Å²) in [7, 11) is 0. The average Bonchev–Trinajstić information content (AvgIpc) is 3.46. The van der Waals surface area contributed by atoms with E-state index in [0.717, 1.165) is 38.0 Å². The summed E-state index contributed by atoms with van der Waals surface area (Å²) in [5.74, 6) is 1.53. The molecule has 1 aromatic heterocycles. The first-order valence-electron chi connectivity index (χ1n) is 13.5. The highest BCUT2D eigenvalue weighted by Crippen LogP contribution is 2.29. The Labute approximate surface area is 218 Å². The molecule has 1 atom stereocenters. The molecule has 3 aliphatic heterocycles. The van der Waals surface area contributed by atoms with Gasteiger partial charge < -0.3 is 14.9 Å². The second-order valence-electron chi connectivity index (χ2n) is 10.8. The van der Waals surface area contributed by atoms with E-state index in [1.807, 2.05) is 29.3 Å². The SMILES string of the molecule is C[C@H](CC(=O)N1CCC(O)(Cn2cnc(N3CCC(C4=CC=NC4)CC3)cc2=O)CC1)c1ccccc1. The number of rotatable bonds is 7. The number of likely N-dealkylation sites (tertiary alicyclic amines) is 1. The summed E-state index contributed by atoms with van der Waals surface area (Å²) >= 11 is 0. The number of aliphatic imine (C=N–C) groups is 1. The summed E-state index contributed by atoms with van der Waals surface area (Å²) in [6.45, 7) is 5.81. The minimum atomic E-state index is -1.02. The maximum absolute atomic E-state index is 12.9. The molecule has 1 N–H and O–H groups in total. The van der Waals surface area contributed by atoms with Crippen molar-refractivity contribution in [1.82, 2.24) is 14.5 Å². The van der Waals surface area contributed by atoms with Crippen LogP contribution in [0.2, 0.25) is 0 Å². The fourth-order valence-electron chi connectivity index (χ4n) is 5.75. The standard InChI is InChI=1S/C29H37N5O3/c1-22(23-5-3-2-4-6-23)17-27(35)33-15-10-29(37,11-16-33)20-34-21-31-26(18-28(34)36)32-13-8-24(9-14-32)25-7-12-30-19-25/h2-7,12,18,21-22,24,37H,8-11,13-17,19-20H2,1H3/t22-/m1/s1. The quantitative estimate of drug-likeness (QED) is 0.627. The van der Waals surface area contributed by atoms with E-state index in [9.17, 15) is 14.7 Å². The largest absolute Gasteiger partial charge is 0.388 e. The van der Waals surface area contributed by atoms with E-state index in [4.69, 9.17) is 0 Å². The molecule has 2 saturated heterocycles. The molecule has 0 radical (unpaired) electrons. The fraction of sp³-hybridized carbons (Fsp3) is 0.517. The van der Waals surface area contributed by atoms with Crippen molar-refractivity contribution in [3.63, 3.8) is 0 Å². The Kier molecular flexibility index (Phi) is 7.55. The molecule has 1 amide bonds. The molecule has 8 nitrogen and oxygen atoms in total. The van der Waals surface area contributed by atoms with Crippen molar-refractivity contribution in [2.24, 2.45) is 10.9 Å². The van der Waals surface area contributed by atoms with Crippen molar-refractivity contribution in [2.75, 3.05) is 37.6 Å². The van der Waals surface area contributed by atoms with Crippen molar-refractivity contribution in [1.29, 1.82) is 0 Å². The summed E-state index contributed by atoms with van der Waals surface area (Å²) in [4.78, 5) is 38.6. The number of hydrogen-bond donors (Lipinski definition) is 1. The highest BCUT2D eigenvalue weighted by molar-refractivity contribution is 5.77. The van der Waals surface area contributed by atoms with E-state index in [2.05, 4.69) is 40.0 Å². The Morgan fingerprint density at radius 2 is 1.86 bits per heavy atom. The summed E-state index contributed by atoms with van der Waals surface area (Å²) in [6, 6.07) is 11.7. The Morgan fingerprint density at radius 3 is 2.51 bits per heavy atom. The van der Waals surface area contributed by atoms with Gasteiger partial charge in [0.25, 0.3) is 5.56 Å². The second-order valence-corrected chi connectivity index (χ2v) is 10.8. The van der Waals surface area contributed by atoms with Crippen LogP contribution >= 0.6 is 0 Å². The Hall–Kier alpha value is -3.26. The smallest absolute Gasteiger partial charge is 0.255 e. The van der Waals surface area contributed by atoms with Gasteiger partial charge in [0.05, 0.1) is 25.0 Å². The number of anilines is 1. The topological polar surface area (TPSA) is 91.0 Å². The third-order valence-corrected chi connectivity index (χ3v) is 8.24. The molecule has 0 spiro atoms. The molecule has 2 fully saturated rings. The molecular formula is C29H37N5O3. The minimum absolute atomic E-state index is 0.113. The molecule has 1 aromatic carbocycles. The number of nitrogens with zero attached hydrogens (tertiary/aromatic N) is 5. The van der Waals surface area contributed by atoms with E-state index in [1.54, 1.807) is 12.4 Å². The normalized spacial score (nSPS) is 20.6. The van der Waals surface area contributed by atoms with Gasteiger partial charge in [0.2, 0.25) is 5.91 Å². The van der Waals surface area contributed by atoms with Crippen LogP contribution in [0, 0.1) is 5.92 Å². The van der Waals surface area contributed by atoms with Crippen LogP contribution in [-0.2, 0) is 11.3 Å². The van der Waals surface area contributed by atoms with Gasteiger partial charge in [-0.25, -0.2) is 4.98 Å². The first-order chi connectivity index (χ1) is 17.9. The summed E-state index contributed by atoms with van der Waals surface area (Å²) in [5, 5.41) is 11.2. The molecule has 0 saturated carbocycles. The van der Waals surface area contributed by atoms with Gasteiger partial charge in [-0.2, -0.15) is 0 Å². The van der Waals surface area contributed by atoms with Gasteiger partial charge in [-0.15, -0.1) is 0 Å². The summed E-state index contributed by atoms with van der Waals surface area (Å²) in [5.41, 5.74) is 1.40. The third-order valence-electron chi connectivity index (χ3n) is 8.24. The number of aromatic nitrogens is 2. The van der Waals surface area contributed by atoms with Crippen LogP contribution < -0.4 is 10.5 Å². The predicted octanol–water partition coefficient (Wildman–Crippen LogP) is 3.02. The van der Waals surface area contributed by atoms with Gasteiger partial charge in [-0.05, 0) is 54.7 Å². The molecule has 0 aliphatic carbocycles. The van der Waals surface area contributed by atoms with Crippen LogP contribution in [0.15, 0.2) is 64.2 Å². The molecular weight excluding hydrogens is 466 g/mol. The number of hydrogen-bond acceptors (Lipinski definition) is 6. The second kappa shape index (κ2) is 11.0. The number of allylic oxidation sites excluding steroid dienone is 1. The lowest BCUT2D eigenvalue weighted by atomic mass is 9.89. The Morgan fingerprint density at radius 1 is 1.14 bits per heavy atom. The third kappa shape index (κ3) is 6.01. The van der Waals surface area contributed by atoms with Crippen LogP contribution in [0.5, 0.6) is 0 Å². The van der Waals surface area contributed by atoms with Crippen LogP contribution in [-0.4, -0.2) is 70.0 Å². The maximum Gasteiger partial charge on any atom is 0.255 e. The Bertz CT molecular complexity index is 1210. The fourth-order valence-corrected chi connectivity index (χ4v) is 5.75. The van der Waals surface area contributed by atoms with Gasteiger partial charge in [-0.1, -0.05) is 37.3 Å². The van der Waals surface area contributed by atoms with Crippen molar-refractivity contribution < 1.29 is 9.90 Å². The molecule has 37 heavy (non-hydrogen) atoms. The maximum atomic E-state index is 12.9. The van der Waals surface area contributed by atoms with Gasteiger partial charge in [0.1, 0.15) is 5.82 Å². The van der Waals surface area contributed by atoms with E-state index < -0.39 is 5.60 Å². The zero-order chi connectivity index (χ0) is 25.8. The van der Waals surface area contributed by atoms with Crippen LogP contribution in [0.3, 0.4) is 0 Å². The summed E-state index contributed by atoms with van der Waals surface area (Å²) in [6.07, 6.45) is 9.02. The molecule has 2 aromatic rings. The molecule has 0 bridgehead atoms. The lowest BCUT2D eigenvalue weighted by molar-refractivity contribution is -0.136. The van der Waals surface area contributed by atoms with Gasteiger partial charge in [0.15, 0.2) is 0 Å². The molecule has 0 unspecified atom stereocenters.